The molecule has 18 heavy (non-hydrogen) atoms. The van der Waals surface area contributed by atoms with Gasteiger partial charge in [-0.25, -0.2) is 9.78 Å². The minimum absolute atomic E-state index is 0.607. The van der Waals surface area contributed by atoms with Gasteiger partial charge in [0.2, 0.25) is 0 Å². The van der Waals surface area contributed by atoms with Crippen molar-refractivity contribution in [2.24, 2.45) is 0 Å². The van der Waals surface area contributed by atoms with E-state index >= 15 is 0 Å². The molecule has 1 aromatic heterocycles. The zero-order valence-corrected chi connectivity index (χ0v) is 10.1. The fourth-order valence-corrected chi connectivity index (χ4v) is 2.30. The fraction of sp³-hybridized carbons (Fsp3) is 0.286. The molecule has 1 aliphatic rings. The summed E-state index contributed by atoms with van der Waals surface area (Å²) in [5, 5.41) is 8.61. The quantitative estimate of drug-likeness (QED) is 0.842. The Balaban J connectivity index is 2.05. The number of carboxylic acid groups (broad SMARTS) is 1. The Labute approximate surface area is 105 Å². The molecule has 0 spiro atoms. The monoisotopic (exact) mass is 242 g/mol. The molecule has 1 heterocycles. The van der Waals surface area contributed by atoms with E-state index in [4.69, 9.17) is 5.11 Å². The number of aryl methyl sites for hydroxylation is 1. The first-order valence-corrected chi connectivity index (χ1v) is 6.05. The average Bonchev–Trinajstić information content (AvgIpc) is 3.09. The molecule has 0 aliphatic heterocycles. The van der Waals surface area contributed by atoms with Gasteiger partial charge in [-0.2, -0.15) is 0 Å². The van der Waals surface area contributed by atoms with Crippen LogP contribution in [0.1, 0.15) is 30.3 Å². The summed E-state index contributed by atoms with van der Waals surface area (Å²) in [5.41, 5.74) is 2.94. The Morgan fingerprint density at radius 3 is 2.94 bits per heavy atom. The summed E-state index contributed by atoms with van der Waals surface area (Å²) in [6.45, 7) is 2.02. The maximum atomic E-state index is 10.5. The first-order chi connectivity index (χ1) is 8.65. The summed E-state index contributed by atoms with van der Waals surface area (Å²) < 4.78 is 2.28. The van der Waals surface area contributed by atoms with E-state index in [2.05, 4.69) is 9.55 Å². The predicted octanol–water partition coefficient (Wildman–Crippen LogP) is 2.78. The van der Waals surface area contributed by atoms with E-state index in [1.165, 1.54) is 12.8 Å². The first kappa shape index (κ1) is 11.0. The van der Waals surface area contributed by atoms with Gasteiger partial charge in [-0.05, 0) is 43.5 Å². The maximum absolute atomic E-state index is 10.5. The third kappa shape index (κ3) is 1.90. The van der Waals surface area contributed by atoms with Crippen LogP contribution in [0.5, 0.6) is 0 Å². The Bertz CT molecular complexity index is 651. The Kier molecular flexibility index (Phi) is 2.44. The summed E-state index contributed by atoms with van der Waals surface area (Å²) in [6, 6.07) is 6.49. The minimum atomic E-state index is -0.935. The molecule has 1 fully saturated rings. The van der Waals surface area contributed by atoms with Crippen LogP contribution in [0.3, 0.4) is 0 Å². The van der Waals surface area contributed by atoms with E-state index in [1.54, 1.807) is 6.08 Å². The summed E-state index contributed by atoms with van der Waals surface area (Å²) >= 11 is 0. The first-order valence-electron chi connectivity index (χ1n) is 6.05. The van der Waals surface area contributed by atoms with Crippen LogP contribution in [0.4, 0.5) is 0 Å². The molecule has 2 aromatic rings. The van der Waals surface area contributed by atoms with Gasteiger partial charge in [0.1, 0.15) is 5.82 Å². The van der Waals surface area contributed by atoms with Gasteiger partial charge >= 0.3 is 5.97 Å². The number of hydrogen-bond acceptors (Lipinski definition) is 2. The van der Waals surface area contributed by atoms with Crippen molar-refractivity contribution in [3.05, 3.63) is 35.7 Å². The Hall–Kier alpha value is -2.10. The number of fused-ring (bicyclic) bond motifs is 1. The van der Waals surface area contributed by atoms with Crippen molar-refractivity contribution in [2.75, 3.05) is 0 Å². The van der Waals surface area contributed by atoms with Gasteiger partial charge in [-0.1, -0.05) is 6.07 Å². The van der Waals surface area contributed by atoms with E-state index in [1.807, 2.05) is 25.1 Å². The van der Waals surface area contributed by atoms with E-state index in [9.17, 15) is 4.79 Å². The second-order valence-corrected chi connectivity index (χ2v) is 4.68. The average molecular weight is 242 g/mol. The molecule has 1 N–H and O–H groups in total. The lowest BCUT2D eigenvalue weighted by Gasteiger charge is -2.03. The summed E-state index contributed by atoms with van der Waals surface area (Å²) in [4.78, 5) is 15.0. The highest BCUT2D eigenvalue weighted by atomic mass is 16.4. The van der Waals surface area contributed by atoms with Crippen LogP contribution in [0.15, 0.2) is 24.3 Å². The zero-order chi connectivity index (χ0) is 12.7. The van der Waals surface area contributed by atoms with Crippen LogP contribution in [0, 0.1) is 6.92 Å². The number of benzene rings is 1. The number of aromatic nitrogens is 2. The van der Waals surface area contributed by atoms with Gasteiger partial charge in [0, 0.05) is 12.1 Å². The minimum Gasteiger partial charge on any atom is -0.478 e. The summed E-state index contributed by atoms with van der Waals surface area (Å²) in [7, 11) is 0. The van der Waals surface area contributed by atoms with Crippen LogP contribution < -0.4 is 0 Å². The smallest absolute Gasteiger partial charge is 0.328 e. The van der Waals surface area contributed by atoms with Crippen molar-refractivity contribution in [3.8, 4) is 0 Å². The molecule has 0 amide bonds. The van der Waals surface area contributed by atoms with Crippen LogP contribution in [-0.4, -0.2) is 20.6 Å². The molecule has 4 heteroatoms. The summed E-state index contributed by atoms with van der Waals surface area (Å²) in [5.74, 6) is 0.0988. The zero-order valence-electron chi connectivity index (χ0n) is 10.1. The van der Waals surface area contributed by atoms with Crippen LogP contribution in [0.2, 0.25) is 0 Å². The predicted molar refractivity (Wildman–Crippen MR) is 69.4 cm³/mol. The van der Waals surface area contributed by atoms with Gasteiger partial charge in [0.05, 0.1) is 11.0 Å². The number of imidazole rings is 1. The van der Waals surface area contributed by atoms with Crippen LogP contribution in [-0.2, 0) is 4.79 Å². The topological polar surface area (TPSA) is 55.1 Å². The lowest BCUT2D eigenvalue weighted by molar-refractivity contribution is -0.131. The van der Waals surface area contributed by atoms with E-state index in [0.717, 1.165) is 28.5 Å². The van der Waals surface area contributed by atoms with Gasteiger partial charge in [-0.15, -0.1) is 0 Å². The molecule has 0 radical (unpaired) electrons. The number of carbonyl (C=O) groups is 1. The van der Waals surface area contributed by atoms with Crippen LogP contribution >= 0.6 is 0 Å². The molecule has 0 saturated heterocycles. The second kappa shape index (κ2) is 3.98. The molecule has 0 atom stereocenters. The van der Waals surface area contributed by atoms with Crippen molar-refractivity contribution in [1.29, 1.82) is 0 Å². The van der Waals surface area contributed by atoms with E-state index in [-0.39, 0.29) is 0 Å². The number of aliphatic carboxylic acids is 1. The molecule has 1 aliphatic carbocycles. The lowest BCUT2D eigenvalue weighted by atomic mass is 10.2. The largest absolute Gasteiger partial charge is 0.478 e. The molecule has 1 saturated carbocycles. The fourth-order valence-electron chi connectivity index (χ4n) is 2.30. The van der Waals surface area contributed by atoms with Crippen molar-refractivity contribution >= 4 is 23.1 Å². The Morgan fingerprint density at radius 1 is 1.50 bits per heavy atom. The van der Waals surface area contributed by atoms with Gasteiger partial charge < -0.3 is 9.67 Å². The Morgan fingerprint density at radius 2 is 2.28 bits per heavy atom. The van der Waals surface area contributed by atoms with E-state index in [0.29, 0.717) is 6.04 Å². The highest BCUT2D eigenvalue weighted by molar-refractivity contribution is 5.87. The second-order valence-electron chi connectivity index (χ2n) is 4.68. The number of hydrogen-bond donors (Lipinski definition) is 1. The number of carboxylic acids is 1. The summed E-state index contributed by atoms with van der Waals surface area (Å²) in [6.07, 6.45) is 5.19. The van der Waals surface area contributed by atoms with Crippen molar-refractivity contribution in [3.63, 3.8) is 0 Å². The third-order valence-corrected chi connectivity index (χ3v) is 3.22. The lowest BCUT2D eigenvalue weighted by Crippen LogP contribution is -1.95. The molecular weight excluding hydrogens is 228 g/mol. The molecule has 0 bridgehead atoms. The number of nitrogens with zero attached hydrogens (tertiary/aromatic N) is 2. The molecule has 92 valence electrons. The van der Waals surface area contributed by atoms with Crippen molar-refractivity contribution in [1.82, 2.24) is 9.55 Å². The molecule has 4 nitrogen and oxygen atoms in total. The van der Waals surface area contributed by atoms with Gasteiger partial charge in [0.15, 0.2) is 0 Å². The highest BCUT2D eigenvalue weighted by Crippen LogP contribution is 2.38. The standard InChI is InChI=1S/C14H14N2O2/c1-9-15-12-8-10(3-7-14(17)18)2-6-13(12)16(9)11-4-5-11/h2-3,6-8,11H,4-5H2,1H3,(H,17,18)/b7-3+. The van der Waals surface area contributed by atoms with Gasteiger partial charge in [0.25, 0.3) is 0 Å². The van der Waals surface area contributed by atoms with E-state index < -0.39 is 5.97 Å². The highest BCUT2D eigenvalue weighted by Gasteiger charge is 2.26. The SMILES string of the molecule is Cc1nc2cc(/C=C/C(=O)O)ccc2n1C1CC1. The molecule has 3 rings (SSSR count). The molecule has 0 unspecified atom stereocenters. The van der Waals surface area contributed by atoms with Crippen molar-refractivity contribution in [2.45, 2.75) is 25.8 Å². The van der Waals surface area contributed by atoms with Gasteiger partial charge in [-0.3, -0.25) is 0 Å². The molecule has 1 aromatic carbocycles. The van der Waals surface area contributed by atoms with Crippen LogP contribution in [0.25, 0.3) is 17.1 Å². The molecular formula is C14H14N2O2. The maximum Gasteiger partial charge on any atom is 0.328 e. The van der Waals surface area contributed by atoms with Crippen molar-refractivity contribution < 1.29 is 9.90 Å². The number of rotatable bonds is 3. The third-order valence-electron chi connectivity index (χ3n) is 3.22. The normalized spacial score (nSPS) is 15.6.